The van der Waals surface area contributed by atoms with Crippen molar-refractivity contribution in [2.24, 2.45) is 17.8 Å². The van der Waals surface area contributed by atoms with Crippen LogP contribution in [-0.2, 0) is 9.59 Å². The molecule has 2 N–H and O–H groups in total. The molecule has 0 aromatic carbocycles. The van der Waals surface area contributed by atoms with Crippen LogP contribution in [0, 0.1) is 17.8 Å². The number of carbonyl (C=O) groups excluding carboxylic acids is 1. The zero-order valence-electron chi connectivity index (χ0n) is 12.8. The van der Waals surface area contributed by atoms with E-state index in [0.717, 1.165) is 25.7 Å². The van der Waals surface area contributed by atoms with Gasteiger partial charge < -0.3 is 15.1 Å². The third-order valence-corrected chi connectivity index (χ3v) is 5.07. The van der Waals surface area contributed by atoms with E-state index in [1.165, 1.54) is 6.42 Å². The number of hydrogen-bond acceptors (Lipinski definition) is 3. The Kier molecular flexibility index (Phi) is 5.62. The summed E-state index contributed by atoms with van der Waals surface area (Å²) in [4.78, 5) is 26.0. The Balaban J connectivity index is 2.11. The molecular weight excluding hydrogens is 270 g/mol. The number of aliphatic hydroxyl groups excluding tert-OH is 1. The number of aliphatic hydroxyl groups is 1. The van der Waals surface area contributed by atoms with E-state index in [9.17, 15) is 19.8 Å². The van der Waals surface area contributed by atoms with E-state index in [2.05, 4.69) is 0 Å². The van der Waals surface area contributed by atoms with Gasteiger partial charge in [0.05, 0.1) is 18.4 Å². The Bertz CT molecular complexity index is 378. The first-order chi connectivity index (χ1) is 10.0. The molecule has 3 atom stereocenters. The monoisotopic (exact) mass is 297 g/mol. The molecule has 0 aromatic rings. The van der Waals surface area contributed by atoms with Gasteiger partial charge in [0, 0.05) is 12.6 Å². The first-order valence-electron chi connectivity index (χ1n) is 8.18. The Morgan fingerprint density at radius 3 is 2.29 bits per heavy atom. The highest BCUT2D eigenvalue weighted by atomic mass is 16.4. The van der Waals surface area contributed by atoms with Crippen LogP contribution in [0.3, 0.4) is 0 Å². The van der Waals surface area contributed by atoms with E-state index in [4.69, 9.17) is 0 Å². The van der Waals surface area contributed by atoms with Gasteiger partial charge in [-0.15, -0.1) is 0 Å². The van der Waals surface area contributed by atoms with Crippen molar-refractivity contribution < 1.29 is 19.8 Å². The standard InChI is InChI=1S/C16H27NO4/c1-11-9-13(14(10-11)16(20)21)15(19)17(7-8-18)12-5-3-2-4-6-12/h11-14,18H,2-10H2,1H3,(H,20,21). The van der Waals surface area contributed by atoms with Gasteiger partial charge in [-0.1, -0.05) is 26.2 Å². The minimum absolute atomic E-state index is 0.0484. The Morgan fingerprint density at radius 2 is 1.71 bits per heavy atom. The van der Waals surface area contributed by atoms with E-state index < -0.39 is 17.8 Å². The van der Waals surface area contributed by atoms with E-state index >= 15 is 0 Å². The number of rotatable bonds is 5. The summed E-state index contributed by atoms with van der Waals surface area (Å²) in [6.45, 7) is 2.29. The lowest BCUT2D eigenvalue weighted by Gasteiger charge is -2.36. The second-order valence-corrected chi connectivity index (χ2v) is 6.67. The Morgan fingerprint density at radius 1 is 1.10 bits per heavy atom. The maximum Gasteiger partial charge on any atom is 0.307 e. The molecule has 0 heterocycles. The Labute approximate surface area is 126 Å². The van der Waals surface area contributed by atoms with Crippen molar-refractivity contribution in [2.45, 2.75) is 57.9 Å². The first-order valence-corrected chi connectivity index (χ1v) is 8.18. The van der Waals surface area contributed by atoms with Gasteiger partial charge in [-0.05, 0) is 31.6 Å². The largest absolute Gasteiger partial charge is 0.481 e. The number of aliphatic carboxylic acids is 1. The molecular formula is C16H27NO4. The van der Waals surface area contributed by atoms with Crippen LogP contribution < -0.4 is 0 Å². The zero-order valence-corrected chi connectivity index (χ0v) is 12.8. The van der Waals surface area contributed by atoms with Crippen LogP contribution in [0.25, 0.3) is 0 Å². The molecule has 5 nitrogen and oxygen atoms in total. The summed E-state index contributed by atoms with van der Waals surface area (Å²) in [7, 11) is 0. The van der Waals surface area contributed by atoms with Crippen LogP contribution >= 0.6 is 0 Å². The van der Waals surface area contributed by atoms with Crippen molar-refractivity contribution in [1.82, 2.24) is 4.90 Å². The smallest absolute Gasteiger partial charge is 0.307 e. The maximum absolute atomic E-state index is 12.8. The Hall–Kier alpha value is -1.10. The van der Waals surface area contributed by atoms with Gasteiger partial charge in [-0.25, -0.2) is 0 Å². The minimum Gasteiger partial charge on any atom is -0.481 e. The van der Waals surface area contributed by atoms with Crippen LogP contribution in [-0.4, -0.2) is 46.2 Å². The van der Waals surface area contributed by atoms with Crippen LogP contribution in [0.5, 0.6) is 0 Å². The fourth-order valence-electron chi connectivity index (χ4n) is 4.02. The fraction of sp³-hybridized carbons (Fsp3) is 0.875. The summed E-state index contributed by atoms with van der Waals surface area (Å²) in [6.07, 6.45) is 6.63. The molecule has 0 aromatic heterocycles. The van der Waals surface area contributed by atoms with Gasteiger partial charge in [-0.2, -0.15) is 0 Å². The molecule has 3 unspecified atom stereocenters. The number of hydrogen-bond donors (Lipinski definition) is 2. The number of carboxylic acid groups (broad SMARTS) is 1. The van der Waals surface area contributed by atoms with Crippen LogP contribution in [0.2, 0.25) is 0 Å². The summed E-state index contributed by atoms with van der Waals surface area (Å²) in [5, 5.41) is 18.6. The van der Waals surface area contributed by atoms with E-state index in [0.29, 0.717) is 19.4 Å². The van der Waals surface area contributed by atoms with Crippen molar-refractivity contribution in [3.05, 3.63) is 0 Å². The van der Waals surface area contributed by atoms with Crippen molar-refractivity contribution in [3.63, 3.8) is 0 Å². The second-order valence-electron chi connectivity index (χ2n) is 6.67. The molecule has 0 aliphatic heterocycles. The predicted molar refractivity (Wildman–Crippen MR) is 78.7 cm³/mol. The SMILES string of the molecule is CC1CC(C(=O)O)C(C(=O)N(CCO)C2CCCCC2)C1. The third-order valence-electron chi connectivity index (χ3n) is 5.07. The van der Waals surface area contributed by atoms with Crippen molar-refractivity contribution in [3.8, 4) is 0 Å². The summed E-state index contributed by atoms with van der Waals surface area (Å²) in [5.41, 5.74) is 0. The normalized spacial score (nSPS) is 30.3. The number of nitrogens with zero attached hydrogens (tertiary/aromatic N) is 1. The third kappa shape index (κ3) is 3.76. The number of carboxylic acids is 1. The van der Waals surface area contributed by atoms with Gasteiger partial charge in [-0.3, -0.25) is 9.59 Å². The molecule has 5 heteroatoms. The molecule has 0 spiro atoms. The van der Waals surface area contributed by atoms with Gasteiger partial charge in [0.15, 0.2) is 0 Å². The minimum atomic E-state index is -0.856. The lowest BCUT2D eigenvalue weighted by atomic mass is 9.90. The van der Waals surface area contributed by atoms with E-state index in [-0.39, 0.29) is 24.5 Å². The molecule has 2 fully saturated rings. The van der Waals surface area contributed by atoms with Gasteiger partial charge in [0.25, 0.3) is 0 Å². The number of amides is 1. The quantitative estimate of drug-likeness (QED) is 0.812. The van der Waals surface area contributed by atoms with Crippen LogP contribution in [0.1, 0.15) is 51.9 Å². The van der Waals surface area contributed by atoms with Crippen molar-refractivity contribution in [2.75, 3.05) is 13.2 Å². The van der Waals surface area contributed by atoms with Crippen molar-refractivity contribution >= 4 is 11.9 Å². The molecule has 1 amide bonds. The zero-order chi connectivity index (χ0) is 15.4. The van der Waals surface area contributed by atoms with E-state index in [1.54, 1.807) is 4.90 Å². The molecule has 21 heavy (non-hydrogen) atoms. The highest BCUT2D eigenvalue weighted by Gasteiger charge is 2.43. The topological polar surface area (TPSA) is 77.8 Å². The van der Waals surface area contributed by atoms with Gasteiger partial charge >= 0.3 is 5.97 Å². The highest BCUT2D eigenvalue weighted by molar-refractivity contribution is 5.85. The molecule has 0 radical (unpaired) electrons. The molecule has 0 saturated heterocycles. The average molecular weight is 297 g/mol. The second kappa shape index (κ2) is 7.25. The molecule has 2 rings (SSSR count). The molecule has 2 saturated carbocycles. The molecule has 2 aliphatic rings. The first kappa shape index (κ1) is 16.3. The molecule has 120 valence electrons. The fourth-order valence-corrected chi connectivity index (χ4v) is 4.02. The summed E-state index contributed by atoms with van der Waals surface area (Å²) < 4.78 is 0. The lowest BCUT2D eigenvalue weighted by Crippen LogP contribution is -2.47. The lowest BCUT2D eigenvalue weighted by molar-refractivity contribution is -0.150. The summed E-state index contributed by atoms with van der Waals surface area (Å²) in [5.74, 6) is -1.59. The van der Waals surface area contributed by atoms with Crippen LogP contribution in [0.15, 0.2) is 0 Å². The van der Waals surface area contributed by atoms with Gasteiger partial charge in [0.2, 0.25) is 5.91 Å². The average Bonchev–Trinajstić information content (AvgIpc) is 2.87. The van der Waals surface area contributed by atoms with Crippen molar-refractivity contribution in [1.29, 1.82) is 0 Å². The maximum atomic E-state index is 12.8. The molecule has 2 aliphatic carbocycles. The summed E-state index contributed by atoms with van der Waals surface area (Å²) in [6, 6.07) is 0.184. The van der Waals surface area contributed by atoms with Crippen LogP contribution in [0.4, 0.5) is 0 Å². The number of carbonyl (C=O) groups is 2. The molecule has 0 bridgehead atoms. The summed E-state index contributed by atoms with van der Waals surface area (Å²) >= 11 is 0. The van der Waals surface area contributed by atoms with Gasteiger partial charge in [0.1, 0.15) is 0 Å². The highest BCUT2D eigenvalue weighted by Crippen LogP contribution is 2.38. The predicted octanol–water partition coefficient (Wildman–Crippen LogP) is 1.89. The van der Waals surface area contributed by atoms with E-state index in [1.807, 2.05) is 6.92 Å².